The van der Waals surface area contributed by atoms with Crippen molar-refractivity contribution in [2.24, 2.45) is 5.92 Å². The summed E-state index contributed by atoms with van der Waals surface area (Å²) in [6.07, 6.45) is 0. The minimum absolute atomic E-state index is 0.374. The van der Waals surface area contributed by atoms with Gasteiger partial charge in [-0.2, -0.15) is 0 Å². The first-order valence-corrected chi connectivity index (χ1v) is 6.05. The van der Waals surface area contributed by atoms with Crippen LogP contribution in [-0.4, -0.2) is 18.8 Å². The number of ketones is 1. The molecule has 5 heteroatoms. The molecule has 1 aromatic carbocycles. The lowest BCUT2D eigenvalue weighted by atomic mass is 10.0. The van der Waals surface area contributed by atoms with Gasteiger partial charge >= 0.3 is 0 Å². The number of hydrogen-bond acceptors (Lipinski definition) is 3. The minimum atomic E-state index is -0.672. The van der Waals surface area contributed by atoms with Crippen molar-refractivity contribution in [2.45, 2.75) is 26.8 Å². The molecule has 1 N–H and O–H groups in total. The summed E-state index contributed by atoms with van der Waals surface area (Å²) in [5.41, 5.74) is 0.493. The van der Waals surface area contributed by atoms with E-state index in [1.54, 1.807) is 20.8 Å². The van der Waals surface area contributed by atoms with Crippen molar-refractivity contribution < 1.29 is 18.7 Å². The standard InChI is InChI=1S/C14H18FNO3/c1-8(2)13(17)14(18)16-9(3)11-7-10(15)5-6-12(11)19-4/h5-9H,1-4H3,(H,16,18)/t9-/m0/s1. The third kappa shape index (κ3) is 3.77. The van der Waals surface area contributed by atoms with Crippen molar-refractivity contribution >= 4 is 11.7 Å². The Kier molecular flexibility index (Phi) is 5.03. The normalized spacial score (nSPS) is 12.1. The summed E-state index contributed by atoms with van der Waals surface area (Å²) in [5, 5.41) is 2.54. The van der Waals surface area contributed by atoms with Gasteiger partial charge in [-0.1, -0.05) is 13.8 Å². The van der Waals surface area contributed by atoms with Crippen LogP contribution in [0.4, 0.5) is 4.39 Å². The Bertz CT molecular complexity index is 486. The van der Waals surface area contributed by atoms with Gasteiger partial charge in [0, 0.05) is 11.5 Å². The number of carbonyl (C=O) groups excluding carboxylic acids is 2. The smallest absolute Gasteiger partial charge is 0.288 e. The second-order valence-electron chi connectivity index (χ2n) is 4.60. The molecule has 1 amide bonds. The van der Waals surface area contributed by atoms with Gasteiger partial charge in [-0.3, -0.25) is 9.59 Å². The number of benzene rings is 1. The molecule has 0 saturated carbocycles. The number of nitrogens with one attached hydrogen (secondary N) is 1. The maximum Gasteiger partial charge on any atom is 0.288 e. The number of rotatable bonds is 5. The molecule has 104 valence electrons. The lowest BCUT2D eigenvalue weighted by molar-refractivity contribution is -0.140. The fourth-order valence-electron chi connectivity index (χ4n) is 1.65. The molecule has 0 saturated heterocycles. The highest BCUT2D eigenvalue weighted by atomic mass is 19.1. The molecule has 0 heterocycles. The van der Waals surface area contributed by atoms with Crippen LogP contribution in [0.25, 0.3) is 0 Å². The maximum absolute atomic E-state index is 13.2. The Morgan fingerprint density at radius 1 is 1.26 bits per heavy atom. The first-order chi connectivity index (χ1) is 8.86. The summed E-state index contributed by atoms with van der Waals surface area (Å²) in [6.45, 7) is 4.97. The van der Waals surface area contributed by atoms with Gasteiger partial charge in [0.15, 0.2) is 0 Å². The lowest BCUT2D eigenvalue weighted by Gasteiger charge is -2.17. The monoisotopic (exact) mass is 267 g/mol. The SMILES string of the molecule is COc1ccc(F)cc1[C@H](C)NC(=O)C(=O)C(C)C. The molecule has 0 unspecified atom stereocenters. The van der Waals surface area contributed by atoms with Gasteiger partial charge in [0.25, 0.3) is 5.91 Å². The number of carbonyl (C=O) groups is 2. The summed E-state index contributed by atoms with van der Waals surface area (Å²) in [5.74, 6) is -1.50. The summed E-state index contributed by atoms with van der Waals surface area (Å²) in [6, 6.07) is 3.53. The van der Waals surface area contributed by atoms with E-state index in [1.807, 2.05) is 0 Å². The van der Waals surface area contributed by atoms with Crippen LogP contribution >= 0.6 is 0 Å². The van der Waals surface area contributed by atoms with Crippen LogP contribution in [0.2, 0.25) is 0 Å². The van der Waals surface area contributed by atoms with Crippen molar-refractivity contribution in [3.05, 3.63) is 29.6 Å². The van der Waals surface area contributed by atoms with Crippen molar-refractivity contribution in [3.63, 3.8) is 0 Å². The van der Waals surface area contributed by atoms with Crippen LogP contribution < -0.4 is 10.1 Å². The Hall–Kier alpha value is -1.91. The average Bonchev–Trinajstić information content (AvgIpc) is 2.37. The molecule has 0 aromatic heterocycles. The molecule has 1 aromatic rings. The molecular weight excluding hydrogens is 249 g/mol. The summed E-state index contributed by atoms with van der Waals surface area (Å²) in [7, 11) is 1.46. The van der Waals surface area contributed by atoms with E-state index >= 15 is 0 Å². The fraction of sp³-hybridized carbons (Fsp3) is 0.429. The summed E-state index contributed by atoms with van der Waals surface area (Å²) < 4.78 is 18.3. The number of methoxy groups -OCH3 is 1. The van der Waals surface area contributed by atoms with E-state index < -0.39 is 23.5 Å². The second kappa shape index (κ2) is 6.31. The van der Waals surface area contributed by atoms with Gasteiger partial charge in [-0.05, 0) is 25.1 Å². The zero-order chi connectivity index (χ0) is 14.6. The Morgan fingerprint density at radius 3 is 2.42 bits per heavy atom. The highest BCUT2D eigenvalue weighted by Gasteiger charge is 2.21. The van der Waals surface area contributed by atoms with Crippen LogP contribution in [0, 0.1) is 11.7 Å². The Labute approximate surface area is 112 Å². The lowest BCUT2D eigenvalue weighted by Crippen LogP contribution is -2.35. The van der Waals surface area contributed by atoms with E-state index in [0.29, 0.717) is 11.3 Å². The summed E-state index contributed by atoms with van der Waals surface area (Å²) >= 11 is 0. The fourth-order valence-corrected chi connectivity index (χ4v) is 1.65. The van der Waals surface area contributed by atoms with Crippen molar-refractivity contribution in [1.82, 2.24) is 5.32 Å². The highest BCUT2D eigenvalue weighted by molar-refractivity contribution is 6.36. The first kappa shape index (κ1) is 15.1. The van der Waals surface area contributed by atoms with Crippen LogP contribution in [0.15, 0.2) is 18.2 Å². The molecule has 0 aliphatic heterocycles. The van der Waals surface area contributed by atoms with E-state index in [9.17, 15) is 14.0 Å². The van der Waals surface area contributed by atoms with Gasteiger partial charge in [0.2, 0.25) is 5.78 Å². The minimum Gasteiger partial charge on any atom is -0.496 e. The van der Waals surface area contributed by atoms with Crippen LogP contribution in [0.1, 0.15) is 32.4 Å². The van der Waals surface area contributed by atoms with Gasteiger partial charge in [-0.25, -0.2) is 4.39 Å². The number of amides is 1. The molecule has 0 fully saturated rings. The van der Waals surface area contributed by atoms with Crippen molar-refractivity contribution in [3.8, 4) is 5.75 Å². The third-order valence-electron chi connectivity index (χ3n) is 2.75. The predicted molar refractivity (Wildman–Crippen MR) is 69.4 cm³/mol. The molecule has 0 spiro atoms. The van der Waals surface area contributed by atoms with E-state index in [2.05, 4.69) is 5.32 Å². The molecule has 0 aliphatic rings. The third-order valence-corrected chi connectivity index (χ3v) is 2.75. The van der Waals surface area contributed by atoms with Crippen molar-refractivity contribution in [2.75, 3.05) is 7.11 Å². The molecular formula is C14H18FNO3. The zero-order valence-corrected chi connectivity index (χ0v) is 11.5. The van der Waals surface area contributed by atoms with E-state index in [1.165, 1.54) is 25.3 Å². The van der Waals surface area contributed by atoms with E-state index in [0.717, 1.165) is 0 Å². The van der Waals surface area contributed by atoms with Crippen LogP contribution in [0.5, 0.6) is 5.75 Å². The van der Waals surface area contributed by atoms with E-state index in [4.69, 9.17) is 4.74 Å². The van der Waals surface area contributed by atoms with Gasteiger partial charge < -0.3 is 10.1 Å². The van der Waals surface area contributed by atoms with E-state index in [-0.39, 0.29) is 5.92 Å². The first-order valence-electron chi connectivity index (χ1n) is 6.05. The zero-order valence-electron chi connectivity index (χ0n) is 11.5. The van der Waals surface area contributed by atoms with Gasteiger partial charge in [0.1, 0.15) is 11.6 Å². The molecule has 0 aliphatic carbocycles. The molecule has 19 heavy (non-hydrogen) atoms. The van der Waals surface area contributed by atoms with Crippen LogP contribution in [0.3, 0.4) is 0 Å². The maximum atomic E-state index is 13.2. The topological polar surface area (TPSA) is 55.4 Å². The highest BCUT2D eigenvalue weighted by Crippen LogP contribution is 2.25. The molecule has 1 atom stereocenters. The Balaban J connectivity index is 2.89. The second-order valence-corrected chi connectivity index (χ2v) is 4.60. The molecule has 4 nitrogen and oxygen atoms in total. The number of hydrogen-bond donors (Lipinski definition) is 1. The quantitative estimate of drug-likeness (QED) is 0.832. The molecule has 0 radical (unpaired) electrons. The predicted octanol–water partition coefficient (Wildman–Crippen LogP) is 2.24. The summed E-state index contributed by atoms with van der Waals surface area (Å²) in [4.78, 5) is 23.2. The number of halogens is 1. The average molecular weight is 267 g/mol. The molecule has 1 rings (SSSR count). The number of ether oxygens (including phenoxy) is 1. The van der Waals surface area contributed by atoms with Gasteiger partial charge in [0.05, 0.1) is 13.2 Å². The van der Waals surface area contributed by atoms with Crippen LogP contribution in [-0.2, 0) is 9.59 Å². The number of Topliss-reactive ketones (excluding diaryl/α,β-unsaturated/α-hetero) is 1. The Morgan fingerprint density at radius 2 is 1.89 bits per heavy atom. The molecule has 0 bridgehead atoms. The van der Waals surface area contributed by atoms with Crippen molar-refractivity contribution in [1.29, 1.82) is 0 Å². The van der Waals surface area contributed by atoms with Gasteiger partial charge in [-0.15, -0.1) is 0 Å². The largest absolute Gasteiger partial charge is 0.496 e.